The molecule has 21 heavy (non-hydrogen) atoms. The smallest absolute Gasteiger partial charge is 0.326 e. The van der Waals surface area contributed by atoms with E-state index in [-0.39, 0.29) is 23.7 Å². The first-order valence-electron chi connectivity index (χ1n) is 5.99. The third kappa shape index (κ3) is 1.96. The highest BCUT2D eigenvalue weighted by molar-refractivity contribution is 5.94. The second-order valence-electron chi connectivity index (χ2n) is 4.42. The van der Waals surface area contributed by atoms with Crippen molar-refractivity contribution in [2.24, 2.45) is 7.05 Å². The number of hydrogen-bond acceptors (Lipinski definition) is 7. The molecule has 108 valence electrons. The van der Waals surface area contributed by atoms with Crippen molar-refractivity contribution in [1.82, 2.24) is 29.4 Å². The summed E-state index contributed by atoms with van der Waals surface area (Å²) >= 11 is 0. The zero-order valence-corrected chi connectivity index (χ0v) is 11.0. The van der Waals surface area contributed by atoms with Crippen molar-refractivity contribution in [3.05, 3.63) is 34.8 Å². The molecule has 10 nitrogen and oxygen atoms in total. The normalized spacial score (nSPS) is 15.0. The lowest BCUT2D eigenvalue weighted by atomic mass is 10.3. The number of hydrogen-bond donors (Lipinski definition) is 0. The Bertz CT molecular complexity index is 819. The van der Waals surface area contributed by atoms with Crippen LogP contribution >= 0.6 is 0 Å². The molecule has 0 aliphatic carbocycles. The van der Waals surface area contributed by atoms with Gasteiger partial charge < -0.3 is 4.84 Å². The summed E-state index contributed by atoms with van der Waals surface area (Å²) in [7, 11) is 1.42. The molecule has 10 heteroatoms. The molecule has 0 atom stereocenters. The van der Waals surface area contributed by atoms with Crippen molar-refractivity contribution in [3.8, 4) is 0 Å². The van der Waals surface area contributed by atoms with Crippen LogP contribution in [0.1, 0.15) is 23.3 Å². The van der Waals surface area contributed by atoms with Gasteiger partial charge in [0.2, 0.25) is 0 Å². The van der Waals surface area contributed by atoms with Crippen molar-refractivity contribution in [1.29, 1.82) is 0 Å². The molecule has 1 amide bonds. The SMILES string of the molecule is C=C1CCC(=O)N1OC(=O)c1ncn2c(=O)n(C)nnc12. The van der Waals surface area contributed by atoms with E-state index in [0.717, 1.165) is 20.5 Å². The first-order chi connectivity index (χ1) is 9.99. The third-order valence-corrected chi connectivity index (χ3v) is 3.01. The van der Waals surface area contributed by atoms with Gasteiger partial charge in [0, 0.05) is 13.5 Å². The fourth-order valence-electron chi connectivity index (χ4n) is 1.90. The molecule has 1 aliphatic rings. The summed E-state index contributed by atoms with van der Waals surface area (Å²) in [5.41, 5.74) is -0.361. The molecule has 0 bridgehead atoms. The lowest BCUT2D eigenvalue weighted by Gasteiger charge is -2.14. The Hall–Kier alpha value is -3.04. The maximum atomic E-state index is 12.1. The average Bonchev–Trinajstić information content (AvgIpc) is 3.01. The Morgan fingerprint density at radius 3 is 2.81 bits per heavy atom. The zero-order valence-electron chi connectivity index (χ0n) is 11.0. The van der Waals surface area contributed by atoms with Crippen LogP contribution in [-0.2, 0) is 16.7 Å². The van der Waals surface area contributed by atoms with Gasteiger partial charge in [-0.2, -0.15) is 4.68 Å². The van der Waals surface area contributed by atoms with Crippen LogP contribution < -0.4 is 5.69 Å². The first-order valence-corrected chi connectivity index (χ1v) is 5.99. The Kier molecular flexibility index (Phi) is 2.78. The van der Waals surface area contributed by atoms with E-state index in [1.165, 1.54) is 7.05 Å². The van der Waals surface area contributed by atoms with Crippen LogP contribution in [0.15, 0.2) is 23.4 Å². The highest BCUT2D eigenvalue weighted by atomic mass is 16.7. The van der Waals surface area contributed by atoms with Crippen LogP contribution in [0.3, 0.4) is 0 Å². The number of fused-ring (bicyclic) bond motifs is 1. The molecular formula is C11H10N6O4. The molecule has 1 saturated heterocycles. The van der Waals surface area contributed by atoms with Gasteiger partial charge in [0.1, 0.15) is 6.33 Å². The van der Waals surface area contributed by atoms with Gasteiger partial charge in [-0.05, 0) is 6.42 Å². The van der Waals surface area contributed by atoms with Crippen molar-refractivity contribution >= 4 is 17.5 Å². The summed E-state index contributed by atoms with van der Waals surface area (Å²) in [6.45, 7) is 3.63. The average molecular weight is 290 g/mol. The number of imidazole rings is 1. The zero-order chi connectivity index (χ0) is 15.1. The van der Waals surface area contributed by atoms with E-state index in [0.29, 0.717) is 12.1 Å². The fraction of sp³-hybridized carbons (Fsp3) is 0.273. The van der Waals surface area contributed by atoms with E-state index in [1.807, 2.05) is 0 Å². The molecule has 1 fully saturated rings. The summed E-state index contributed by atoms with van der Waals surface area (Å²) in [5.74, 6) is -1.27. The van der Waals surface area contributed by atoms with Crippen molar-refractivity contribution in [3.63, 3.8) is 0 Å². The van der Waals surface area contributed by atoms with Crippen molar-refractivity contribution < 1.29 is 14.4 Å². The van der Waals surface area contributed by atoms with Gasteiger partial charge in [-0.3, -0.25) is 4.79 Å². The molecule has 0 radical (unpaired) electrons. The maximum Gasteiger partial charge on any atom is 0.385 e. The highest BCUT2D eigenvalue weighted by Crippen LogP contribution is 2.21. The van der Waals surface area contributed by atoms with Crippen LogP contribution in [0.4, 0.5) is 0 Å². The van der Waals surface area contributed by atoms with Crippen LogP contribution in [0.25, 0.3) is 5.65 Å². The van der Waals surface area contributed by atoms with E-state index in [1.54, 1.807) is 0 Å². The molecule has 2 aromatic rings. The Morgan fingerprint density at radius 2 is 2.14 bits per heavy atom. The van der Waals surface area contributed by atoms with E-state index >= 15 is 0 Å². The van der Waals surface area contributed by atoms with E-state index in [4.69, 9.17) is 4.84 Å². The molecule has 1 aliphatic heterocycles. The topological polar surface area (TPSA) is 112 Å². The molecule has 3 rings (SSSR count). The minimum Gasteiger partial charge on any atom is -0.326 e. The highest BCUT2D eigenvalue weighted by Gasteiger charge is 2.30. The van der Waals surface area contributed by atoms with Crippen molar-refractivity contribution in [2.45, 2.75) is 12.8 Å². The molecule has 0 saturated carbocycles. The van der Waals surface area contributed by atoms with Gasteiger partial charge in [0.25, 0.3) is 5.91 Å². The van der Waals surface area contributed by atoms with Crippen LogP contribution in [0.5, 0.6) is 0 Å². The van der Waals surface area contributed by atoms with E-state index < -0.39 is 11.7 Å². The summed E-state index contributed by atoms with van der Waals surface area (Å²) in [4.78, 5) is 44.1. The summed E-state index contributed by atoms with van der Waals surface area (Å²) in [6, 6.07) is 0. The third-order valence-electron chi connectivity index (χ3n) is 3.01. The largest absolute Gasteiger partial charge is 0.385 e. The Balaban J connectivity index is 1.96. The van der Waals surface area contributed by atoms with Gasteiger partial charge in [0.05, 0.1) is 5.70 Å². The van der Waals surface area contributed by atoms with Gasteiger partial charge in [0.15, 0.2) is 11.3 Å². The van der Waals surface area contributed by atoms with Crippen LogP contribution in [-0.4, -0.2) is 41.3 Å². The first kappa shape index (κ1) is 13.0. The van der Waals surface area contributed by atoms with Crippen LogP contribution in [0, 0.1) is 0 Å². The minimum absolute atomic E-state index is 0.0413. The van der Waals surface area contributed by atoms with Gasteiger partial charge in [-0.1, -0.05) is 11.8 Å². The van der Waals surface area contributed by atoms with Gasteiger partial charge >= 0.3 is 11.7 Å². The predicted molar refractivity (Wildman–Crippen MR) is 66.7 cm³/mol. The van der Waals surface area contributed by atoms with E-state index in [9.17, 15) is 14.4 Å². The second kappa shape index (κ2) is 4.51. The summed E-state index contributed by atoms with van der Waals surface area (Å²) in [5, 5.41) is 8.13. The van der Waals surface area contributed by atoms with Gasteiger partial charge in [-0.15, -0.1) is 10.2 Å². The summed E-state index contributed by atoms with van der Waals surface area (Å²) < 4.78 is 2.06. The number of carbonyl (C=O) groups is 2. The lowest BCUT2D eigenvalue weighted by molar-refractivity contribution is -0.153. The molecular weight excluding hydrogens is 280 g/mol. The van der Waals surface area contributed by atoms with Crippen molar-refractivity contribution in [2.75, 3.05) is 0 Å². The molecule has 2 aromatic heterocycles. The number of allylic oxidation sites excluding steroid dienone is 1. The molecule has 0 N–H and O–H groups in total. The number of rotatable bonds is 2. The number of aromatic nitrogens is 5. The Morgan fingerprint density at radius 1 is 1.38 bits per heavy atom. The number of hydroxylamine groups is 2. The predicted octanol–water partition coefficient (Wildman–Crippen LogP) is -0.969. The number of amides is 1. The standard InChI is InChI=1S/C11H10N6O4/c1-6-3-4-7(18)17(6)21-10(19)8-9-13-14-15(2)11(20)16(9)5-12-8/h5H,1,3-4H2,2H3. The lowest BCUT2D eigenvalue weighted by Crippen LogP contribution is -2.29. The summed E-state index contributed by atoms with van der Waals surface area (Å²) in [6.07, 6.45) is 1.80. The molecule has 3 heterocycles. The second-order valence-corrected chi connectivity index (χ2v) is 4.42. The molecule has 0 spiro atoms. The fourth-order valence-corrected chi connectivity index (χ4v) is 1.90. The number of aryl methyl sites for hydroxylation is 1. The minimum atomic E-state index is -0.906. The van der Waals surface area contributed by atoms with E-state index in [2.05, 4.69) is 21.9 Å². The monoisotopic (exact) mass is 290 g/mol. The molecule has 0 aromatic carbocycles. The molecule has 0 unspecified atom stereocenters. The number of nitrogens with zero attached hydrogens (tertiary/aromatic N) is 6. The maximum absolute atomic E-state index is 12.1. The van der Waals surface area contributed by atoms with Crippen LogP contribution in [0.2, 0.25) is 0 Å². The number of carbonyl (C=O) groups excluding carboxylic acids is 2. The quantitative estimate of drug-likeness (QED) is 0.699. The van der Waals surface area contributed by atoms with Gasteiger partial charge in [-0.25, -0.2) is 19.0 Å². The Labute approximate surface area is 117 Å².